The maximum Gasteiger partial charge on any atom is 0.281 e. The minimum absolute atomic E-state index is 0.604. The molecule has 5 rings (SSSR count). The van der Waals surface area contributed by atoms with Gasteiger partial charge in [0, 0.05) is 25.8 Å². The van der Waals surface area contributed by atoms with Gasteiger partial charge in [-0.2, -0.15) is 4.98 Å². The molecule has 2 aromatic carbocycles. The Hall–Kier alpha value is -2.80. The van der Waals surface area contributed by atoms with Gasteiger partial charge in [0.1, 0.15) is 5.75 Å². The highest BCUT2D eigenvalue weighted by atomic mass is 32.1. The molecule has 5 nitrogen and oxygen atoms in total. The van der Waals surface area contributed by atoms with Crippen LogP contribution in [0.1, 0.15) is 24.0 Å². The number of hydrogen-bond acceptors (Lipinski definition) is 6. The largest absolute Gasteiger partial charge is 0.431 e. The number of nitrogens with zero attached hydrogens (tertiary/aromatic N) is 3. The first kappa shape index (κ1) is 19.2. The van der Waals surface area contributed by atoms with Gasteiger partial charge in [-0.3, -0.25) is 4.90 Å². The summed E-state index contributed by atoms with van der Waals surface area (Å²) in [4.78, 5) is 11.1. The zero-order valence-electron chi connectivity index (χ0n) is 16.6. The first-order valence-electron chi connectivity index (χ1n) is 10.2. The van der Waals surface area contributed by atoms with Crippen molar-refractivity contribution in [1.82, 2.24) is 14.9 Å². The van der Waals surface area contributed by atoms with Crippen LogP contribution >= 0.6 is 11.3 Å². The van der Waals surface area contributed by atoms with Gasteiger partial charge in [0.15, 0.2) is 5.65 Å². The Morgan fingerprint density at radius 3 is 2.47 bits per heavy atom. The molecule has 0 unspecified atom stereocenters. The minimum atomic E-state index is -0.707. The van der Waals surface area contributed by atoms with E-state index in [2.05, 4.69) is 27.0 Å². The van der Waals surface area contributed by atoms with Gasteiger partial charge in [-0.25, -0.2) is 4.98 Å². The molecule has 1 aliphatic heterocycles. The van der Waals surface area contributed by atoms with Crippen molar-refractivity contribution in [3.05, 3.63) is 84.1 Å². The van der Waals surface area contributed by atoms with E-state index in [9.17, 15) is 5.11 Å². The SMILES string of the molecule is OC1(c2ccccc2)CCN(Cc2ccc(Oc3nc4ncccc4s3)cc2)CC1. The van der Waals surface area contributed by atoms with Crippen LogP contribution < -0.4 is 4.74 Å². The maximum atomic E-state index is 11.0. The maximum absolute atomic E-state index is 11.0. The summed E-state index contributed by atoms with van der Waals surface area (Å²) in [7, 11) is 0. The molecule has 1 aliphatic rings. The quantitative estimate of drug-likeness (QED) is 0.497. The number of likely N-dealkylation sites (tertiary alicyclic amines) is 1. The first-order chi connectivity index (χ1) is 14.7. The highest BCUT2D eigenvalue weighted by molar-refractivity contribution is 7.20. The number of ether oxygens (including phenoxy) is 1. The molecule has 1 N–H and O–H groups in total. The smallest absolute Gasteiger partial charge is 0.281 e. The molecule has 30 heavy (non-hydrogen) atoms. The van der Waals surface area contributed by atoms with Crippen molar-refractivity contribution in [3.8, 4) is 10.9 Å². The molecule has 1 fully saturated rings. The summed E-state index contributed by atoms with van der Waals surface area (Å²) in [5.41, 5.74) is 2.27. The second-order valence-electron chi connectivity index (χ2n) is 7.72. The van der Waals surface area contributed by atoms with Crippen LogP contribution in [0.25, 0.3) is 10.3 Å². The van der Waals surface area contributed by atoms with Gasteiger partial charge in [-0.15, -0.1) is 0 Å². The third-order valence-electron chi connectivity index (χ3n) is 5.67. The van der Waals surface area contributed by atoms with Crippen LogP contribution in [0.5, 0.6) is 10.9 Å². The molecular formula is C24H23N3O2S. The average Bonchev–Trinajstić information content (AvgIpc) is 3.20. The number of piperidine rings is 1. The van der Waals surface area contributed by atoms with Crippen molar-refractivity contribution in [2.75, 3.05) is 13.1 Å². The summed E-state index contributed by atoms with van der Waals surface area (Å²) in [5, 5.41) is 11.6. The van der Waals surface area contributed by atoms with Crippen LogP contribution in [0.3, 0.4) is 0 Å². The number of aromatic nitrogens is 2. The van der Waals surface area contributed by atoms with Gasteiger partial charge in [0.25, 0.3) is 5.19 Å². The van der Waals surface area contributed by atoms with Gasteiger partial charge < -0.3 is 9.84 Å². The van der Waals surface area contributed by atoms with E-state index in [-0.39, 0.29) is 0 Å². The van der Waals surface area contributed by atoms with E-state index in [0.717, 1.165) is 54.1 Å². The van der Waals surface area contributed by atoms with Crippen molar-refractivity contribution < 1.29 is 9.84 Å². The molecule has 1 saturated heterocycles. The van der Waals surface area contributed by atoms with E-state index in [0.29, 0.717) is 5.19 Å². The molecule has 0 saturated carbocycles. The predicted molar refractivity (Wildman–Crippen MR) is 119 cm³/mol. The van der Waals surface area contributed by atoms with Crippen LogP contribution in [0.2, 0.25) is 0 Å². The fraction of sp³-hybridized carbons (Fsp3) is 0.250. The second-order valence-corrected chi connectivity index (χ2v) is 8.72. The Morgan fingerprint density at radius 2 is 1.73 bits per heavy atom. The van der Waals surface area contributed by atoms with E-state index < -0.39 is 5.60 Å². The van der Waals surface area contributed by atoms with Gasteiger partial charge >= 0.3 is 0 Å². The molecule has 6 heteroatoms. The Balaban J connectivity index is 1.18. The van der Waals surface area contributed by atoms with E-state index in [1.807, 2.05) is 54.6 Å². The Morgan fingerprint density at radius 1 is 0.967 bits per heavy atom. The minimum Gasteiger partial charge on any atom is -0.431 e. The van der Waals surface area contributed by atoms with Crippen LogP contribution in [-0.4, -0.2) is 33.1 Å². The summed E-state index contributed by atoms with van der Waals surface area (Å²) in [5.74, 6) is 0.773. The van der Waals surface area contributed by atoms with E-state index in [1.54, 1.807) is 6.20 Å². The number of fused-ring (bicyclic) bond motifs is 1. The fourth-order valence-corrected chi connectivity index (χ4v) is 4.73. The number of benzene rings is 2. The highest BCUT2D eigenvalue weighted by Crippen LogP contribution is 2.33. The average molecular weight is 418 g/mol. The van der Waals surface area contributed by atoms with Crippen LogP contribution in [0.4, 0.5) is 0 Å². The lowest BCUT2D eigenvalue weighted by Gasteiger charge is -2.38. The zero-order valence-corrected chi connectivity index (χ0v) is 17.4. The van der Waals surface area contributed by atoms with Crippen molar-refractivity contribution in [2.24, 2.45) is 0 Å². The van der Waals surface area contributed by atoms with Gasteiger partial charge in [-0.05, 0) is 48.2 Å². The summed E-state index contributed by atoms with van der Waals surface area (Å²) >= 11 is 1.49. The molecular weight excluding hydrogens is 394 g/mol. The van der Waals surface area contributed by atoms with E-state index >= 15 is 0 Å². The lowest BCUT2D eigenvalue weighted by atomic mass is 9.84. The molecule has 3 heterocycles. The summed E-state index contributed by atoms with van der Waals surface area (Å²) < 4.78 is 6.92. The van der Waals surface area contributed by atoms with Crippen LogP contribution in [0, 0.1) is 0 Å². The molecule has 2 aromatic heterocycles. The molecule has 4 aromatic rings. The molecule has 0 atom stereocenters. The zero-order chi connectivity index (χ0) is 20.4. The second kappa shape index (κ2) is 8.14. The van der Waals surface area contributed by atoms with Gasteiger partial charge in [0.05, 0.1) is 10.3 Å². The number of aliphatic hydroxyl groups is 1. The number of hydrogen-bond donors (Lipinski definition) is 1. The summed E-state index contributed by atoms with van der Waals surface area (Å²) in [6.07, 6.45) is 3.25. The van der Waals surface area contributed by atoms with Crippen molar-refractivity contribution in [3.63, 3.8) is 0 Å². The predicted octanol–water partition coefficient (Wildman–Crippen LogP) is 4.97. The third-order valence-corrected chi connectivity index (χ3v) is 6.56. The summed E-state index contributed by atoms with van der Waals surface area (Å²) in [6, 6.07) is 22.1. The normalized spacial score (nSPS) is 16.6. The molecule has 0 amide bonds. The lowest BCUT2D eigenvalue weighted by Crippen LogP contribution is -2.42. The van der Waals surface area contributed by atoms with Crippen molar-refractivity contribution in [1.29, 1.82) is 0 Å². The molecule has 0 bridgehead atoms. The standard InChI is InChI=1S/C24H23N3O2S/c28-24(19-5-2-1-3-6-19)12-15-27(16-13-24)17-18-8-10-20(11-9-18)29-23-26-22-21(30-23)7-4-14-25-22/h1-11,14,28H,12-13,15-17H2. The highest BCUT2D eigenvalue weighted by Gasteiger charge is 2.33. The van der Waals surface area contributed by atoms with Gasteiger partial charge in [-0.1, -0.05) is 53.8 Å². The van der Waals surface area contributed by atoms with Crippen LogP contribution in [-0.2, 0) is 12.1 Å². The van der Waals surface area contributed by atoms with E-state index in [1.165, 1.54) is 16.9 Å². The van der Waals surface area contributed by atoms with Gasteiger partial charge in [0.2, 0.25) is 0 Å². The molecule has 152 valence electrons. The Bertz CT molecular complexity index is 1090. The Labute approximate surface area is 179 Å². The monoisotopic (exact) mass is 417 g/mol. The first-order valence-corrected chi connectivity index (χ1v) is 11.0. The fourth-order valence-electron chi connectivity index (χ4n) is 3.93. The topological polar surface area (TPSA) is 58.5 Å². The third kappa shape index (κ3) is 4.07. The lowest BCUT2D eigenvalue weighted by molar-refractivity contribution is -0.0277. The Kier molecular flexibility index (Phi) is 5.21. The number of pyridine rings is 1. The molecule has 0 aliphatic carbocycles. The molecule has 0 radical (unpaired) electrons. The number of rotatable bonds is 5. The summed E-state index contributed by atoms with van der Waals surface area (Å²) in [6.45, 7) is 2.63. The number of thiazole rings is 1. The van der Waals surface area contributed by atoms with Crippen molar-refractivity contribution >= 4 is 21.7 Å². The molecule has 0 spiro atoms. The van der Waals surface area contributed by atoms with Crippen LogP contribution in [0.15, 0.2) is 72.9 Å². The van der Waals surface area contributed by atoms with E-state index in [4.69, 9.17) is 4.74 Å². The van der Waals surface area contributed by atoms with Crippen molar-refractivity contribution in [2.45, 2.75) is 25.0 Å².